The van der Waals surface area contributed by atoms with Crippen molar-refractivity contribution >= 4 is 34.9 Å². The number of nitrogens with zero attached hydrogens (tertiary/aromatic N) is 1. The van der Waals surface area contributed by atoms with E-state index in [2.05, 4.69) is 10.6 Å². The van der Waals surface area contributed by atoms with Crippen molar-refractivity contribution in [1.29, 1.82) is 0 Å². The zero-order chi connectivity index (χ0) is 18.0. The van der Waals surface area contributed by atoms with Crippen LogP contribution in [0.5, 0.6) is 0 Å². The first-order chi connectivity index (χ1) is 12.0. The van der Waals surface area contributed by atoms with Crippen LogP contribution in [0.1, 0.15) is 12.0 Å². The molecule has 25 heavy (non-hydrogen) atoms. The molecule has 1 heterocycles. The van der Waals surface area contributed by atoms with Crippen LogP contribution in [0.4, 0.5) is 20.6 Å². The highest BCUT2D eigenvalue weighted by molar-refractivity contribution is 6.31. The maximum atomic E-state index is 13.0. The van der Waals surface area contributed by atoms with E-state index in [-0.39, 0.29) is 11.7 Å². The van der Waals surface area contributed by atoms with Gasteiger partial charge in [0.2, 0.25) is 5.91 Å². The lowest BCUT2D eigenvalue weighted by Gasteiger charge is -2.17. The minimum atomic E-state index is -0.621. The monoisotopic (exact) mass is 361 g/mol. The first kappa shape index (κ1) is 17.2. The highest BCUT2D eigenvalue weighted by atomic mass is 35.5. The van der Waals surface area contributed by atoms with Crippen LogP contribution < -0.4 is 15.5 Å². The topological polar surface area (TPSA) is 61.4 Å². The van der Waals surface area contributed by atoms with E-state index in [1.807, 2.05) is 0 Å². The second-order valence-electron chi connectivity index (χ2n) is 5.82. The van der Waals surface area contributed by atoms with Gasteiger partial charge in [0.1, 0.15) is 11.9 Å². The number of hydrogen-bond acceptors (Lipinski definition) is 2. The molecule has 130 valence electrons. The average Bonchev–Trinajstić information content (AvgIpc) is 2.93. The fraction of sp³-hybridized carbons (Fsp3) is 0.222. The normalized spacial score (nSPS) is 16.8. The van der Waals surface area contributed by atoms with Crippen LogP contribution in [0.15, 0.2) is 42.5 Å². The van der Waals surface area contributed by atoms with E-state index in [9.17, 15) is 14.0 Å². The van der Waals surface area contributed by atoms with Crippen molar-refractivity contribution in [3.05, 3.63) is 58.9 Å². The van der Waals surface area contributed by atoms with Gasteiger partial charge < -0.3 is 15.5 Å². The van der Waals surface area contributed by atoms with E-state index in [0.717, 1.165) is 5.56 Å². The van der Waals surface area contributed by atoms with E-state index in [1.165, 1.54) is 17.0 Å². The molecule has 2 N–H and O–H groups in total. The molecule has 3 rings (SSSR count). The van der Waals surface area contributed by atoms with Gasteiger partial charge in [0.25, 0.3) is 0 Å². The molecule has 1 atom stereocenters. The average molecular weight is 362 g/mol. The lowest BCUT2D eigenvalue weighted by Crippen LogP contribution is -2.43. The highest BCUT2D eigenvalue weighted by Gasteiger charge is 2.33. The molecule has 0 bridgehead atoms. The number of benzene rings is 2. The van der Waals surface area contributed by atoms with Crippen LogP contribution in [-0.4, -0.2) is 24.5 Å². The molecule has 1 aliphatic heterocycles. The van der Waals surface area contributed by atoms with Crippen molar-refractivity contribution in [2.24, 2.45) is 0 Å². The van der Waals surface area contributed by atoms with Gasteiger partial charge in [0.15, 0.2) is 0 Å². The molecule has 0 aliphatic carbocycles. The van der Waals surface area contributed by atoms with E-state index in [4.69, 9.17) is 11.6 Å². The summed E-state index contributed by atoms with van der Waals surface area (Å²) in [5.74, 6) is -0.578. The van der Waals surface area contributed by atoms with Crippen molar-refractivity contribution in [3.63, 3.8) is 0 Å². The molecule has 0 spiro atoms. The zero-order valence-electron chi connectivity index (χ0n) is 13.6. The highest BCUT2D eigenvalue weighted by Crippen LogP contribution is 2.24. The summed E-state index contributed by atoms with van der Waals surface area (Å²) in [7, 11) is 0. The number of carbonyl (C=O) groups is 2. The van der Waals surface area contributed by atoms with Crippen molar-refractivity contribution in [1.82, 2.24) is 5.32 Å². The van der Waals surface area contributed by atoms with Gasteiger partial charge in [-0.25, -0.2) is 9.18 Å². The smallest absolute Gasteiger partial charge is 0.319 e. The predicted molar refractivity (Wildman–Crippen MR) is 95.5 cm³/mol. The lowest BCUT2D eigenvalue weighted by atomic mass is 10.2. The van der Waals surface area contributed by atoms with Gasteiger partial charge in [0.05, 0.1) is 0 Å². The summed E-state index contributed by atoms with van der Waals surface area (Å²) in [5, 5.41) is 5.94. The van der Waals surface area contributed by atoms with Crippen LogP contribution >= 0.6 is 11.6 Å². The molecule has 0 aromatic heterocycles. The second-order valence-corrected chi connectivity index (χ2v) is 6.23. The van der Waals surface area contributed by atoms with Crippen LogP contribution in [0.3, 0.4) is 0 Å². The molecule has 7 heteroatoms. The fourth-order valence-corrected chi connectivity index (χ4v) is 2.93. The Morgan fingerprint density at radius 1 is 1.24 bits per heavy atom. The van der Waals surface area contributed by atoms with E-state index < -0.39 is 12.1 Å². The third kappa shape index (κ3) is 3.74. The number of anilines is 2. The maximum absolute atomic E-state index is 13.0. The van der Waals surface area contributed by atoms with Gasteiger partial charge in [-0.1, -0.05) is 17.7 Å². The molecule has 0 radical (unpaired) electrons. The van der Waals surface area contributed by atoms with Crippen LogP contribution in [0.2, 0.25) is 5.02 Å². The summed E-state index contributed by atoms with van der Waals surface area (Å²) in [5.41, 5.74) is 1.96. The quantitative estimate of drug-likeness (QED) is 0.875. The van der Waals surface area contributed by atoms with Crippen LogP contribution in [0.25, 0.3) is 0 Å². The van der Waals surface area contributed by atoms with Gasteiger partial charge in [-0.15, -0.1) is 0 Å². The largest absolute Gasteiger partial charge is 0.326 e. The minimum Gasteiger partial charge on any atom is -0.326 e. The number of urea groups is 1. The van der Waals surface area contributed by atoms with Gasteiger partial charge in [-0.05, 0) is 55.3 Å². The van der Waals surface area contributed by atoms with Crippen LogP contribution in [0, 0.1) is 12.7 Å². The number of hydrogen-bond donors (Lipinski definition) is 2. The van der Waals surface area contributed by atoms with Crippen molar-refractivity contribution in [3.8, 4) is 0 Å². The summed E-state index contributed by atoms with van der Waals surface area (Å²) in [4.78, 5) is 26.2. The first-order valence-corrected chi connectivity index (χ1v) is 8.23. The standard InChI is InChI=1S/C18H17ClFN3O2/c1-11-14(19)3-2-4-15(11)21-18(25)22-16-9-10-23(17(16)24)13-7-5-12(20)6-8-13/h2-8,16H,9-10H2,1H3,(H2,21,22,25)/t16-/m0/s1. The van der Waals surface area contributed by atoms with Gasteiger partial charge in [-0.3, -0.25) is 4.79 Å². The lowest BCUT2D eigenvalue weighted by molar-refractivity contribution is -0.118. The SMILES string of the molecule is Cc1c(Cl)cccc1NC(=O)N[C@H]1CCN(c2ccc(F)cc2)C1=O. The maximum Gasteiger partial charge on any atom is 0.319 e. The summed E-state index contributed by atoms with van der Waals surface area (Å²) < 4.78 is 13.0. The zero-order valence-corrected chi connectivity index (χ0v) is 14.3. The van der Waals surface area contributed by atoms with E-state index >= 15 is 0 Å². The Hall–Kier alpha value is -2.60. The number of nitrogens with one attached hydrogen (secondary N) is 2. The van der Waals surface area contributed by atoms with E-state index in [0.29, 0.717) is 29.4 Å². The van der Waals surface area contributed by atoms with Crippen molar-refractivity contribution < 1.29 is 14.0 Å². The molecular formula is C18H17ClFN3O2. The fourth-order valence-electron chi connectivity index (χ4n) is 2.75. The third-order valence-corrected chi connectivity index (χ3v) is 4.57. The summed E-state index contributed by atoms with van der Waals surface area (Å²) in [6.45, 7) is 2.26. The van der Waals surface area contributed by atoms with Gasteiger partial charge in [-0.2, -0.15) is 0 Å². The minimum absolute atomic E-state index is 0.218. The third-order valence-electron chi connectivity index (χ3n) is 4.17. The van der Waals surface area contributed by atoms with Gasteiger partial charge in [0, 0.05) is 22.9 Å². The molecule has 1 saturated heterocycles. The molecule has 2 aromatic rings. The summed E-state index contributed by atoms with van der Waals surface area (Å²) >= 11 is 6.03. The molecule has 0 unspecified atom stereocenters. The Morgan fingerprint density at radius 3 is 2.68 bits per heavy atom. The molecule has 3 amide bonds. The molecule has 2 aromatic carbocycles. The number of amides is 3. The molecule has 1 fully saturated rings. The Labute approximate surface area is 149 Å². The molecule has 0 saturated carbocycles. The van der Waals surface area contributed by atoms with Crippen molar-refractivity contribution in [2.75, 3.05) is 16.8 Å². The van der Waals surface area contributed by atoms with Crippen LogP contribution in [-0.2, 0) is 4.79 Å². The second kappa shape index (κ2) is 7.11. The Bertz CT molecular complexity index is 810. The predicted octanol–water partition coefficient (Wildman–Crippen LogP) is 3.71. The Morgan fingerprint density at radius 2 is 1.96 bits per heavy atom. The van der Waals surface area contributed by atoms with Crippen molar-refractivity contribution in [2.45, 2.75) is 19.4 Å². The first-order valence-electron chi connectivity index (χ1n) is 7.85. The summed E-state index contributed by atoms with van der Waals surface area (Å²) in [6.07, 6.45) is 0.484. The van der Waals surface area contributed by atoms with E-state index in [1.54, 1.807) is 37.3 Å². The van der Waals surface area contributed by atoms with Gasteiger partial charge >= 0.3 is 6.03 Å². The number of halogens is 2. The Kier molecular flexibility index (Phi) is 4.90. The molecule has 1 aliphatic rings. The molecule has 5 nitrogen and oxygen atoms in total. The Balaban J connectivity index is 1.63. The molecular weight excluding hydrogens is 345 g/mol. The number of rotatable bonds is 3. The number of carbonyl (C=O) groups excluding carboxylic acids is 2. The summed E-state index contributed by atoms with van der Waals surface area (Å²) in [6, 6.07) is 9.83.